The summed E-state index contributed by atoms with van der Waals surface area (Å²) < 4.78 is 0. The van der Waals surface area contributed by atoms with Gasteiger partial charge < -0.3 is 31.6 Å². The lowest BCUT2D eigenvalue weighted by Gasteiger charge is -2.26. The van der Waals surface area contributed by atoms with Gasteiger partial charge in [-0.2, -0.15) is 0 Å². The topological polar surface area (TPSA) is 187 Å². The van der Waals surface area contributed by atoms with Crippen LogP contribution in [0.1, 0.15) is 32.4 Å². The zero-order valence-corrected chi connectivity index (χ0v) is 15.1. The number of imidazole rings is 1. The highest BCUT2D eigenvalue weighted by atomic mass is 16.4. The fraction of sp³-hybridized carbons (Fsp3) is 0.562. The molecule has 27 heavy (non-hydrogen) atoms. The predicted octanol–water partition coefficient (Wildman–Crippen LogP) is -1.15. The third-order valence-corrected chi connectivity index (χ3v) is 4.12. The molecular formula is C16H25N5O6. The average Bonchev–Trinajstić information content (AvgIpc) is 3.10. The van der Waals surface area contributed by atoms with Gasteiger partial charge in [-0.3, -0.25) is 14.4 Å². The van der Waals surface area contributed by atoms with Crippen molar-refractivity contribution in [1.29, 1.82) is 0 Å². The normalized spacial score (nSPS) is 15.2. The molecule has 4 atom stereocenters. The molecule has 1 rings (SSSR count). The summed E-state index contributed by atoms with van der Waals surface area (Å²) in [6, 6.07) is -3.60. The Hall–Kier alpha value is -2.95. The molecule has 1 aromatic heterocycles. The van der Waals surface area contributed by atoms with Crippen molar-refractivity contribution in [2.45, 2.75) is 51.2 Å². The Morgan fingerprint density at radius 2 is 1.89 bits per heavy atom. The lowest BCUT2D eigenvalue weighted by Crippen LogP contribution is -2.57. The second kappa shape index (κ2) is 10.3. The fourth-order valence-electron chi connectivity index (χ4n) is 2.32. The van der Waals surface area contributed by atoms with Gasteiger partial charge >= 0.3 is 11.9 Å². The molecule has 0 aliphatic rings. The number of hydrogen-bond donors (Lipinski definition) is 6. The highest BCUT2D eigenvalue weighted by Gasteiger charge is 2.31. The molecule has 0 fully saturated rings. The van der Waals surface area contributed by atoms with Crippen LogP contribution in [0, 0.1) is 5.92 Å². The molecule has 0 saturated carbocycles. The number of nitrogens with two attached hydrogens (primary N) is 1. The Bertz CT molecular complexity index is 662. The third kappa shape index (κ3) is 7.05. The molecule has 0 aromatic carbocycles. The van der Waals surface area contributed by atoms with E-state index in [0.717, 1.165) is 0 Å². The first-order valence-corrected chi connectivity index (χ1v) is 8.43. The maximum atomic E-state index is 12.5. The molecule has 1 heterocycles. The number of aromatic nitrogens is 2. The van der Waals surface area contributed by atoms with Crippen molar-refractivity contribution in [2.24, 2.45) is 11.7 Å². The average molecular weight is 383 g/mol. The molecule has 0 spiro atoms. The Kier molecular flexibility index (Phi) is 8.39. The van der Waals surface area contributed by atoms with E-state index < -0.39 is 48.3 Å². The van der Waals surface area contributed by atoms with Crippen molar-refractivity contribution in [1.82, 2.24) is 20.6 Å². The molecule has 0 radical (unpaired) electrons. The summed E-state index contributed by atoms with van der Waals surface area (Å²) in [6.45, 7) is 3.51. The molecule has 1 aromatic rings. The van der Waals surface area contributed by atoms with Crippen LogP contribution in [0.5, 0.6) is 0 Å². The van der Waals surface area contributed by atoms with Crippen molar-refractivity contribution >= 4 is 23.8 Å². The summed E-state index contributed by atoms with van der Waals surface area (Å²) in [5.41, 5.74) is 6.50. The van der Waals surface area contributed by atoms with Crippen molar-refractivity contribution in [3.8, 4) is 0 Å². The van der Waals surface area contributed by atoms with Crippen molar-refractivity contribution in [3.05, 3.63) is 18.2 Å². The highest BCUT2D eigenvalue weighted by Crippen LogP contribution is 2.10. The van der Waals surface area contributed by atoms with Gasteiger partial charge in [0.15, 0.2) is 0 Å². The van der Waals surface area contributed by atoms with Gasteiger partial charge in [-0.25, -0.2) is 9.78 Å². The van der Waals surface area contributed by atoms with Crippen LogP contribution in [0.4, 0.5) is 0 Å². The van der Waals surface area contributed by atoms with Crippen LogP contribution in [-0.4, -0.2) is 62.1 Å². The molecule has 0 saturated heterocycles. The number of hydrogen-bond acceptors (Lipinski definition) is 6. The maximum absolute atomic E-state index is 12.5. The molecule has 0 aliphatic carbocycles. The quantitative estimate of drug-likeness (QED) is 0.276. The number of rotatable bonds is 11. The van der Waals surface area contributed by atoms with E-state index in [9.17, 15) is 19.2 Å². The lowest BCUT2D eigenvalue weighted by atomic mass is 9.97. The smallest absolute Gasteiger partial charge is 0.326 e. The Morgan fingerprint density at radius 1 is 1.22 bits per heavy atom. The molecule has 7 N–H and O–H groups in total. The van der Waals surface area contributed by atoms with Gasteiger partial charge in [0.2, 0.25) is 11.8 Å². The van der Waals surface area contributed by atoms with Crippen LogP contribution in [0.25, 0.3) is 0 Å². The van der Waals surface area contributed by atoms with Gasteiger partial charge in [-0.05, 0) is 5.92 Å². The number of carbonyl (C=O) groups is 4. The number of carbonyl (C=O) groups excluding carboxylic acids is 2. The first-order chi connectivity index (χ1) is 12.6. The van der Waals surface area contributed by atoms with E-state index in [-0.39, 0.29) is 12.3 Å². The first kappa shape index (κ1) is 22.1. The minimum atomic E-state index is -1.60. The van der Waals surface area contributed by atoms with Crippen LogP contribution < -0.4 is 16.4 Å². The molecule has 11 heteroatoms. The number of nitrogens with zero attached hydrogens (tertiary/aromatic N) is 1. The zero-order valence-electron chi connectivity index (χ0n) is 15.1. The molecule has 11 nitrogen and oxygen atoms in total. The van der Waals surface area contributed by atoms with Crippen molar-refractivity contribution in [2.75, 3.05) is 0 Å². The van der Waals surface area contributed by atoms with Gasteiger partial charge in [-0.15, -0.1) is 0 Å². The molecule has 0 bridgehead atoms. The van der Waals surface area contributed by atoms with Crippen molar-refractivity contribution < 1.29 is 29.4 Å². The molecule has 0 aliphatic heterocycles. The summed E-state index contributed by atoms with van der Waals surface area (Å²) in [4.78, 5) is 53.4. The van der Waals surface area contributed by atoms with Gasteiger partial charge in [-0.1, -0.05) is 20.3 Å². The van der Waals surface area contributed by atoms with Gasteiger partial charge in [0.25, 0.3) is 0 Å². The molecular weight excluding hydrogens is 358 g/mol. The van der Waals surface area contributed by atoms with Crippen LogP contribution in [0.2, 0.25) is 0 Å². The maximum Gasteiger partial charge on any atom is 0.326 e. The van der Waals surface area contributed by atoms with Crippen molar-refractivity contribution in [3.63, 3.8) is 0 Å². The van der Waals surface area contributed by atoms with E-state index in [0.29, 0.717) is 12.1 Å². The first-order valence-electron chi connectivity index (χ1n) is 8.43. The van der Waals surface area contributed by atoms with Crippen LogP contribution in [-0.2, 0) is 25.6 Å². The van der Waals surface area contributed by atoms with E-state index in [1.54, 1.807) is 13.8 Å². The summed E-state index contributed by atoms with van der Waals surface area (Å²) in [6.07, 6.45) is 2.89. The highest BCUT2D eigenvalue weighted by molar-refractivity contribution is 5.93. The van der Waals surface area contributed by atoms with Gasteiger partial charge in [0.05, 0.1) is 18.8 Å². The zero-order chi connectivity index (χ0) is 20.6. The third-order valence-electron chi connectivity index (χ3n) is 4.12. The van der Waals surface area contributed by atoms with E-state index in [4.69, 9.17) is 15.9 Å². The number of nitrogens with one attached hydrogen (secondary N) is 3. The van der Waals surface area contributed by atoms with E-state index in [2.05, 4.69) is 20.6 Å². The summed E-state index contributed by atoms with van der Waals surface area (Å²) in [5, 5.41) is 22.5. The summed E-state index contributed by atoms with van der Waals surface area (Å²) in [7, 11) is 0. The van der Waals surface area contributed by atoms with Crippen LogP contribution in [0.15, 0.2) is 12.5 Å². The summed E-state index contributed by atoms with van der Waals surface area (Å²) in [5.74, 6) is -4.54. The number of carboxylic acid groups (broad SMARTS) is 2. The number of H-pyrrole nitrogens is 1. The SMILES string of the molecule is CC[C@H](C)[C@H](NC(=O)[C@@H](N)Cc1cnc[nH]1)C(=O)N[C@@H](CC(=O)O)C(=O)O. The second-order valence-electron chi connectivity index (χ2n) is 6.26. The van der Waals surface area contributed by atoms with E-state index in [1.165, 1.54) is 12.5 Å². The van der Waals surface area contributed by atoms with Gasteiger partial charge in [0.1, 0.15) is 12.1 Å². The monoisotopic (exact) mass is 383 g/mol. The standard InChI is InChI=1S/C16H25N5O6/c1-3-8(2)13(15(25)20-11(16(26)27)5-12(22)23)21-14(24)10(17)4-9-6-18-7-19-9/h6-8,10-11,13H,3-5,17H2,1-2H3,(H,18,19)(H,20,25)(H,21,24)(H,22,23)(H,26,27)/t8-,10-,11-,13-/m0/s1. The number of amides is 2. The molecule has 2 amide bonds. The minimum absolute atomic E-state index is 0.178. The minimum Gasteiger partial charge on any atom is -0.481 e. The summed E-state index contributed by atoms with van der Waals surface area (Å²) >= 11 is 0. The Labute approximate surface area is 155 Å². The van der Waals surface area contributed by atoms with Gasteiger partial charge in [0, 0.05) is 18.3 Å². The second-order valence-corrected chi connectivity index (χ2v) is 6.26. The largest absolute Gasteiger partial charge is 0.481 e. The number of aromatic amines is 1. The van der Waals surface area contributed by atoms with Crippen LogP contribution in [0.3, 0.4) is 0 Å². The predicted molar refractivity (Wildman–Crippen MR) is 93.5 cm³/mol. The molecule has 0 unspecified atom stereocenters. The van der Waals surface area contributed by atoms with E-state index >= 15 is 0 Å². The lowest BCUT2D eigenvalue weighted by molar-refractivity contribution is -0.147. The van der Waals surface area contributed by atoms with E-state index in [1.807, 2.05) is 0 Å². The fourth-order valence-corrected chi connectivity index (χ4v) is 2.32. The Balaban J connectivity index is 2.81. The number of carboxylic acids is 2. The Morgan fingerprint density at radius 3 is 2.37 bits per heavy atom. The molecule has 150 valence electrons. The van der Waals surface area contributed by atoms with Crippen LogP contribution >= 0.6 is 0 Å². The number of aliphatic carboxylic acids is 2.